The highest BCUT2D eigenvalue weighted by Crippen LogP contribution is 2.43. The fourth-order valence-corrected chi connectivity index (χ4v) is 5.45. The molecule has 1 amide bonds. The number of thioether (sulfide) groups is 1. The van der Waals surface area contributed by atoms with E-state index < -0.39 is 0 Å². The minimum absolute atomic E-state index is 0.0537. The average Bonchev–Trinajstić information content (AvgIpc) is 3.04. The molecule has 3 heterocycles. The summed E-state index contributed by atoms with van der Waals surface area (Å²) < 4.78 is 7.62. The van der Waals surface area contributed by atoms with Crippen LogP contribution in [0.1, 0.15) is 39.0 Å². The highest BCUT2D eigenvalue weighted by molar-refractivity contribution is 8.00. The molecule has 2 aromatic heterocycles. The van der Waals surface area contributed by atoms with Gasteiger partial charge in [-0.2, -0.15) is 9.78 Å². The lowest BCUT2D eigenvalue weighted by molar-refractivity contribution is -0.113. The van der Waals surface area contributed by atoms with Gasteiger partial charge in [0.2, 0.25) is 5.91 Å². The molecular weight excluding hydrogens is 458 g/mol. The van der Waals surface area contributed by atoms with E-state index in [2.05, 4.69) is 39.6 Å². The Morgan fingerprint density at radius 2 is 1.74 bits per heavy atom. The second-order valence-corrected chi connectivity index (χ2v) is 9.70. The van der Waals surface area contributed by atoms with E-state index in [9.17, 15) is 4.79 Å². The number of anilines is 1. The Hall–Kier alpha value is -3.65. The van der Waals surface area contributed by atoms with Gasteiger partial charge in [-0.15, -0.1) is 11.8 Å². The number of nitrogens with zero attached hydrogens (tertiary/aromatic N) is 4. The quantitative estimate of drug-likeness (QED) is 0.415. The SMILES string of the molecule is Cc1cc(C)nc(-n2nc(C)c3c2NC(=O)CSC3c2ccc(OCCc3ccccc3)cc2)n1. The molecule has 8 heteroatoms. The van der Waals surface area contributed by atoms with E-state index >= 15 is 0 Å². The Kier molecular flexibility index (Phi) is 6.55. The number of carbonyl (C=O) groups excluding carboxylic acids is 1. The number of hydrogen-bond donors (Lipinski definition) is 1. The molecule has 1 aliphatic heterocycles. The molecule has 0 aliphatic carbocycles. The first-order chi connectivity index (χ1) is 17.0. The van der Waals surface area contributed by atoms with Crippen LogP contribution in [0.3, 0.4) is 0 Å². The molecule has 0 spiro atoms. The summed E-state index contributed by atoms with van der Waals surface area (Å²) in [6.07, 6.45) is 0.858. The van der Waals surface area contributed by atoms with Crippen molar-refractivity contribution in [1.82, 2.24) is 19.7 Å². The van der Waals surface area contributed by atoms with E-state index in [4.69, 9.17) is 9.84 Å². The fourth-order valence-electron chi connectivity index (χ4n) is 4.26. The molecule has 0 fully saturated rings. The van der Waals surface area contributed by atoms with Crippen molar-refractivity contribution in [3.05, 3.63) is 94.4 Å². The lowest BCUT2D eigenvalue weighted by atomic mass is 10.0. The summed E-state index contributed by atoms with van der Waals surface area (Å²) in [6, 6.07) is 20.3. The van der Waals surface area contributed by atoms with Crippen LogP contribution in [-0.2, 0) is 11.2 Å². The topological polar surface area (TPSA) is 81.9 Å². The van der Waals surface area contributed by atoms with Crippen molar-refractivity contribution in [2.24, 2.45) is 0 Å². The normalized spacial score (nSPS) is 15.3. The number of carbonyl (C=O) groups is 1. The number of nitrogens with one attached hydrogen (secondary N) is 1. The molecule has 2 aromatic carbocycles. The Balaban J connectivity index is 1.41. The van der Waals surface area contributed by atoms with Gasteiger partial charge in [-0.3, -0.25) is 4.79 Å². The monoisotopic (exact) mass is 485 g/mol. The van der Waals surface area contributed by atoms with E-state index in [1.807, 2.05) is 57.2 Å². The van der Waals surface area contributed by atoms with Gasteiger partial charge >= 0.3 is 0 Å². The van der Waals surface area contributed by atoms with Gasteiger partial charge in [-0.1, -0.05) is 42.5 Å². The maximum atomic E-state index is 12.6. The number of ether oxygens (including phenoxy) is 1. The molecule has 35 heavy (non-hydrogen) atoms. The van der Waals surface area contributed by atoms with Gasteiger partial charge < -0.3 is 10.1 Å². The van der Waals surface area contributed by atoms with Crippen molar-refractivity contribution in [3.8, 4) is 11.7 Å². The molecule has 1 atom stereocenters. The molecule has 5 rings (SSSR count). The maximum absolute atomic E-state index is 12.6. The molecule has 0 radical (unpaired) electrons. The van der Waals surface area contributed by atoms with Crippen LogP contribution < -0.4 is 10.1 Å². The Bertz CT molecular complexity index is 1330. The molecule has 0 saturated heterocycles. The van der Waals surface area contributed by atoms with Crippen molar-refractivity contribution >= 4 is 23.5 Å². The van der Waals surface area contributed by atoms with Crippen molar-refractivity contribution in [3.63, 3.8) is 0 Å². The van der Waals surface area contributed by atoms with Crippen LogP contribution in [0, 0.1) is 20.8 Å². The highest BCUT2D eigenvalue weighted by Gasteiger charge is 2.31. The van der Waals surface area contributed by atoms with Gasteiger partial charge in [-0.05, 0) is 50.1 Å². The third-order valence-electron chi connectivity index (χ3n) is 5.85. The largest absolute Gasteiger partial charge is 0.493 e. The Morgan fingerprint density at radius 1 is 1.03 bits per heavy atom. The number of benzene rings is 2. The molecule has 178 valence electrons. The molecule has 1 aliphatic rings. The van der Waals surface area contributed by atoms with E-state index in [0.717, 1.165) is 40.4 Å². The zero-order chi connectivity index (χ0) is 24.4. The van der Waals surface area contributed by atoms with Crippen molar-refractivity contribution < 1.29 is 9.53 Å². The summed E-state index contributed by atoms with van der Waals surface area (Å²) in [5, 5.41) is 7.71. The first kappa shape index (κ1) is 23.1. The first-order valence-electron chi connectivity index (χ1n) is 11.6. The van der Waals surface area contributed by atoms with Crippen molar-refractivity contribution in [2.75, 3.05) is 17.7 Å². The minimum Gasteiger partial charge on any atom is -0.493 e. The van der Waals surface area contributed by atoms with Crippen LogP contribution in [-0.4, -0.2) is 38.0 Å². The maximum Gasteiger partial charge on any atom is 0.252 e. The third kappa shape index (κ3) is 5.07. The summed E-state index contributed by atoms with van der Waals surface area (Å²) in [4.78, 5) is 21.7. The summed E-state index contributed by atoms with van der Waals surface area (Å²) in [7, 11) is 0. The molecule has 7 nitrogen and oxygen atoms in total. The van der Waals surface area contributed by atoms with Gasteiger partial charge in [0, 0.05) is 23.4 Å². The number of amides is 1. The molecule has 0 bridgehead atoms. The Labute approximate surface area is 209 Å². The van der Waals surface area contributed by atoms with Gasteiger partial charge in [-0.25, -0.2) is 9.97 Å². The summed E-state index contributed by atoms with van der Waals surface area (Å²) in [5.74, 6) is 2.21. The van der Waals surface area contributed by atoms with Gasteiger partial charge in [0.25, 0.3) is 5.95 Å². The highest BCUT2D eigenvalue weighted by atomic mass is 32.2. The average molecular weight is 486 g/mol. The van der Waals surface area contributed by atoms with Crippen LogP contribution in [0.2, 0.25) is 0 Å². The summed E-state index contributed by atoms with van der Waals surface area (Å²) in [5.41, 5.74) is 5.86. The number of fused-ring (bicyclic) bond motifs is 1. The summed E-state index contributed by atoms with van der Waals surface area (Å²) in [6.45, 7) is 6.43. The van der Waals surface area contributed by atoms with Gasteiger partial charge in [0.1, 0.15) is 11.6 Å². The van der Waals surface area contributed by atoms with E-state index in [-0.39, 0.29) is 11.2 Å². The number of aryl methyl sites for hydroxylation is 3. The lowest BCUT2D eigenvalue weighted by Gasteiger charge is -2.16. The molecular formula is C27H27N5O2S. The van der Waals surface area contributed by atoms with E-state index in [0.29, 0.717) is 24.1 Å². The smallest absolute Gasteiger partial charge is 0.252 e. The van der Waals surface area contributed by atoms with Crippen molar-refractivity contribution in [1.29, 1.82) is 0 Å². The lowest BCUT2D eigenvalue weighted by Crippen LogP contribution is -2.17. The molecule has 4 aromatic rings. The number of aromatic nitrogens is 4. The van der Waals surface area contributed by atoms with E-state index in [1.54, 1.807) is 16.4 Å². The number of rotatable bonds is 6. The second-order valence-electron chi connectivity index (χ2n) is 8.60. The first-order valence-corrected chi connectivity index (χ1v) is 12.6. The van der Waals surface area contributed by atoms with E-state index in [1.165, 1.54) is 5.56 Å². The predicted molar refractivity (Wildman–Crippen MR) is 138 cm³/mol. The standard InChI is InChI=1S/C27H27N5O2S/c1-17-15-18(2)29-27(28-17)32-26-24(19(3)31-32)25(35-16-23(33)30-26)21-9-11-22(12-10-21)34-14-13-20-7-5-4-6-8-20/h4-12,15,25H,13-14,16H2,1-3H3,(H,30,33). The van der Waals surface area contributed by atoms with Crippen LogP contribution in [0.4, 0.5) is 5.82 Å². The van der Waals surface area contributed by atoms with Crippen LogP contribution in [0.25, 0.3) is 5.95 Å². The third-order valence-corrected chi connectivity index (χ3v) is 7.12. The molecule has 1 N–H and O–H groups in total. The van der Waals surface area contributed by atoms with Crippen LogP contribution in [0.15, 0.2) is 60.7 Å². The zero-order valence-corrected chi connectivity index (χ0v) is 20.8. The molecule has 1 unspecified atom stereocenters. The van der Waals surface area contributed by atoms with Gasteiger partial charge in [0.15, 0.2) is 0 Å². The second kappa shape index (κ2) is 9.92. The number of hydrogen-bond acceptors (Lipinski definition) is 6. The summed E-state index contributed by atoms with van der Waals surface area (Å²) >= 11 is 1.59. The van der Waals surface area contributed by atoms with Gasteiger partial charge in [0.05, 0.1) is 23.3 Å². The molecule has 0 saturated carbocycles. The fraction of sp³-hybridized carbons (Fsp3) is 0.259. The van der Waals surface area contributed by atoms with Crippen LogP contribution in [0.5, 0.6) is 5.75 Å². The minimum atomic E-state index is -0.0647. The Morgan fingerprint density at radius 3 is 2.46 bits per heavy atom. The zero-order valence-electron chi connectivity index (χ0n) is 20.0. The predicted octanol–water partition coefficient (Wildman–Crippen LogP) is 4.98. The van der Waals surface area contributed by atoms with Crippen LogP contribution >= 0.6 is 11.8 Å². The van der Waals surface area contributed by atoms with Crippen molar-refractivity contribution in [2.45, 2.75) is 32.4 Å².